The van der Waals surface area contributed by atoms with Gasteiger partial charge in [0.1, 0.15) is 11.6 Å². The lowest BCUT2D eigenvalue weighted by Gasteiger charge is -2.13. The van der Waals surface area contributed by atoms with Gasteiger partial charge in [0.25, 0.3) is 0 Å². The number of carbonyl (C=O) groups excluding carboxylic acids is 1. The van der Waals surface area contributed by atoms with Crippen molar-refractivity contribution in [2.24, 2.45) is 0 Å². The SMILES string of the molecule is COc1cccc(CC(=O)NCc2ccc(F)cc2C(F)(F)F)c1. The Bertz CT molecular complexity index is 729. The third-order valence-corrected chi connectivity index (χ3v) is 3.35. The minimum Gasteiger partial charge on any atom is -0.497 e. The number of alkyl halides is 3. The van der Waals surface area contributed by atoms with Crippen LogP contribution in [-0.4, -0.2) is 13.0 Å². The van der Waals surface area contributed by atoms with Crippen LogP contribution in [-0.2, 0) is 23.9 Å². The topological polar surface area (TPSA) is 38.3 Å². The lowest BCUT2D eigenvalue weighted by Crippen LogP contribution is -2.26. The van der Waals surface area contributed by atoms with Crippen LogP contribution in [0.4, 0.5) is 17.6 Å². The fraction of sp³-hybridized carbons (Fsp3) is 0.235. The largest absolute Gasteiger partial charge is 0.497 e. The zero-order chi connectivity index (χ0) is 17.7. The Hall–Kier alpha value is -2.57. The monoisotopic (exact) mass is 341 g/mol. The number of halogens is 4. The van der Waals surface area contributed by atoms with E-state index in [-0.39, 0.29) is 18.5 Å². The number of hydrogen-bond acceptors (Lipinski definition) is 2. The molecule has 7 heteroatoms. The molecule has 0 fully saturated rings. The Balaban J connectivity index is 2.04. The molecule has 3 nitrogen and oxygen atoms in total. The van der Waals surface area contributed by atoms with E-state index in [9.17, 15) is 22.4 Å². The molecule has 0 unspecified atom stereocenters. The molecule has 1 amide bonds. The number of nitrogens with one attached hydrogen (secondary N) is 1. The van der Waals surface area contributed by atoms with Gasteiger partial charge in [0.2, 0.25) is 5.91 Å². The van der Waals surface area contributed by atoms with E-state index in [1.54, 1.807) is 24.3 Å². The van der Waals surface area contributed by atoms with Crippen LogP contribution in [0.2, 0.25) is 0 Å². The Morgan fingerprint density at radius 2 is 1.92 bits per heavy atom. The first kappa shape index (κ1) is 17.8. The van der Waals surface area contributed by atoms with Gasteiger partial charge in [0.05, 0.1) is 19.1 Å². The van der Waals surface area contributed by atoms with E-state index in [1.165, 1.54) is 7.11 Å². The highest BCUT2D eigenvalue weighted by molar-refractivity contribution is 5.78. The summed E-state index contributed by atoms with van der Waals surface area (Å²) in [5.74, 6) is -0.840. The van der Waals surface area contributed by atoms with Crippen molar-refractivity contribution in [1.82, 2.24) is 5.32 Å². The molecule has 0 bridgehead atoms. The van der Waals surface area contributed by atoms with E-state index < -0.39 is 23.5 Å². The van der Waals surface area contributed by atoms with Crippen molar-refractivity contribution in [2.45, 2.75) is 19.1 Å². The van der Waals surface area contributed by atoms with E-state index in [2.05, 4.69) is 5.32 Å². The van der Waals surface area contributed by atoms with Crippen molar-refractivity contribution in [3.05, 3.63) is 65.0 Å². The molecule has 0 aromatic heterocycles. The molecule has 0 saturated heterocycles. The van der Waals surface area contributed by atoms with Crippen molar-refractivity contribution in [3.8, 4) is 5.75 Å². The predicted octanol–water partition coefficient (Wildman–Crippen LogP) is 3.71. The first-order chi connectivity index (χ1) is 11.3. The number of ether oxygens (including phenoxy) is 1. The first-order valence-electron chi connectivity index (χ1n) is 7.05. The van der Waals surface area contributed by atoms with Crippen molar-refractivity contribution >= 4 is 5.91 Å². The minimum absolute atomic E-state index is 0.000252. The summed E-state index contributed by atoms with van der Waals surface area (Å²) in [6, 6.07) is 9.17. The van der Waals surface area contributed by atoms with Gasteiger partial charge in [0.15, 0.2) is 0 Å². The van der Waals surface area contributed by atoms with E-state index in [0.717, 1.165) is 12.1 Å². The predicted molar refractivity (Wildman–Crippen MR) is 79.9 cm³/mol. The lowest BCUT2D eigenvalue weighted by atomic mass is 10.1. The number of carbonyl (C=O) groups is 1. The third-order valence-electron chi connectivity index (χ3n) is 3.35. The number of amides is 1. The zero-order valence-corrected chi connectivity index (χ0v) is 12.8. The fourth-order valence-corrected chi connectivity index (χ4v) is 2.19. The van der Waals surface area contributed by atoms with Crippen LogP contribution in [0, 0.1) is 5.82 Å². The maximum atomic E-state index is 13.0. The van der Waals surface area contributed by atoms with Gasteiger partial charge in [-0.15, -0.1) is 0 Å². The second-order valence-electron chi connectivity index (χ2n) is 5.10. The van der Waals surface area contributed by atoms with E-state index in [0.29, 0.717) is 17.4 Å². The summed E-state index contributed by atoms with van der Waals surface area (Å²) in [7, 11) is 1.49. The first-order valence-corrected chi connectivity index (χ1v) is 7.05. The number of methoxy groups -OCH3 is 1. The standard InChI is InChI=1S/C17H15F4NO2/c1-24-14-4-2-3-11(7-14)8-16(23)22-10-12-5-6-13(18)9-15(12)17(19,20)21/h2-7,9H,8,10H2,1H3,(H,22,23). The van der Waals surface area contributed by atoms with Gasteiger partial charge in [0, 0.05) is 6.54 Å². The van der Waals surface area contributed by atoms with Crippen LogP contribution in [0.3, 0.4) is 0 Å². The van der Waals surface area contributed by atoms with Gasteiger partial charge in [-0.3, -0.25) is 4.79 Å². The summed E-state index contributed by atoms with van der Waals surface area (Å²) in [5.41, 5.74) is -0.617. The summed E-state index contributed by atoms with van der Waals surface area (Å²) in [4.78, 5) is 11.9. The number of benzene rings is 2. The summed E-state index contributed by atoms with van der Waals surface area (Å²) < 4.78 is 56.7. The Morgan fingerprint density at radius 3 is 2.58 bits per heavy atom. The summed E-state index contributed by atoms with van der Waals surface area (Å²) in [5, 5.41) is 2.41. The minimum atomic E-state index is -4.69. The molecule has 0 aliphatic carbocycles. The van der Waals surface area contributed by atoms with Gasteiger partial charge in [-0.1, -0.05) is 18.2 Å². The van der Waals surface area contributed by atoms with Crippen molar-refractivity contribution in [2.75, 3.05) is 7.11 Å². The maximum absolute atomic E-state index is 13.0. The van der Waals surface area contributed by atoms with Gasteiger partial charge in [-0.25, -0.2) is 4.39 Å². The molecule has 24 heavy (non-hydrogen) atoms. The molecule has 0 saturated carbocycles. The van der Waals surface area contributed by atoms with Crippen LogP contribution in [0.5, 0.6) is 5.75 Å². The summed E-state index contributed by atoms with van der Waals surface area (Å²) in [6.45, 7) is -0.335. The molecule has 0 atom stereocenters. The number of rotatable bonds is 5. The van der Waals surface area contributed by atoms with Crippen LogP contribution in [0.1, 0.15) is 16.7 Å². The van der Waals surface area contributed by atoms with Crippen LogP contribution in [0.15, 0.2) is 42.5 Å². The quantitative estimate of drug-likeness (QED) is 0.842. The highest BCUT2D eigenvalue weighted by Crippen LogP contribution is 2.32. The molecule has 0 radical (unpaired) electrons. The maximum Gasteiger partial charge on any atom is 0.416 e. The molecule has 2 aromatic carbocycles. The molecule has 0 aliphatic rings. The normalized spacial score (nSPS) is 11.2. The van der Waals surface area contributed by atoms with E-state index >= 15 is 0 Å². The third kappa shape index (κ3) is 4.71. The molecule has 1 N–H and O–H groups in total. The number of hydrogen-bond donors (Lipinski definition) is 1. The molecule has 0 aliphatic heterocycles. The van der Waals surface area contributed by atoms with Crippen molar-refractivity contribution in [1.29, 1.82) is 0 Å². The van der Waals surface area contributed by atoms with Crippen LogP contribution in [0.25, 0.3) is 0 Å². The summed E-state index contributed by atoms with van der Waals surface area (Å²) in [6.07, 6.45) is -4.69. The van der Waals surface area contributed by atoms with Gasteiger partial charge < -0.3 is 10.1 Å². The summed E-state index contributed by atoms with van der Waals surface area (Å²) >= 11 is 0. The molecule has 2 rings (SSSR count). The highest BCUT2D eigenvalue weighted by atomic mass is 19.4. The Morgan fingerprint density at radius 1 is 1.17 bits per heavy atom. The van der Waals surface area contributed by atoms with Crippen LogP contribution < -0.4 is 10.1 Å². The van der Waals surface area contributed by atoms with Gasteiger partial charge in [-0.2, -0.15) is 13.2 Å². The van der Waals surface area contributed by atoms with E-state index in [4.69, 9.17) is 4.74 Å². The zero-order valence-electron chi connectivity index (χ0n) is 12.8. The average molecular weight is 341 g/mol. The van der Waals surface area contributed by atoms with Crippen LogP contribution >= 0.6 is 0 Å². The second kappa shape index (κ2) is 7.33. The Kier molecular flexibility index (Phi) is 5.43. The van der Waals surface area contributed by atoms with Gasteiger partial charge >= 0.3 is 6.18 Å². The lowest BCUT2D eigenvalue weighted by molar-refractivity contribution is -0.138. The molecule has 2 aromatic rings. The Labute approximate surface area is 136 Å². The van der Waals surface area contributed by atoms with Crippen molar-refractivity contribution < 1.29 is 27.1 Å². The molecule has 0 heterocycles. The second-order valence-corrected chi connectivity index (χ2v) is 5.10. The highest BCUT2D eigenvalue weighted by Gasteiger charge is 2.33. The van der Waals surface area contributed by atoms with Gasteiger partial charge in [-0.05, 0) is 35.4 Å². The molecule has 128 valence electrons. The average Bonchev–Trinajstić information content (AvgIpc) is 2.53. The molecule has 0 spiro atoms. The molecular formula is C17H15F4NO2. The smallest absolute Gasteiger partial charge is 0.416 e. The van der Waals surface area contributed by atoms with Crippen molar-refractivity contribution in [3.63, 3.8) is 0 Å². The van der Waals surface area contributed by atoms with E-state index in [1.807, 2.05) is 0 Å². The molecular weight excluding hydrogens is 326 g/mol. The fourth-order valence-electron chi connectivity index (χ4n) is 2.19.